The number of benzene rings is 1. The van der Waals surface area contributed by atoms with Gasteiger partial charge in [-0.1, -0.05) is 18.2 Å². The third-order valence-corrected chi connectivity index (χ3v) is 1.20. The molecule has 0 heterocycles. The number of aliphatic hydroxyl groups excluding tert-OH is 1. The Morgan fingerprint density at radius 3 is 2.50 bits per heavy atom. The molecule has 12 heavy (non-hydrogen) atoms. The lowest BCUT2D eigenvalue weighted by Gasteiger charge is -2.04. The SMILES string of the molecule is NC(O)C(=O)Oc1ccccc1. The first-order chi connectivity index (χ1) is 5.70. The highest BCUT2D eigenvalue weighted by Gasteiger charge is 2.10. The molecule has 0 saturated carbocycles. The first kappa shape index (κ1) is 8.70. The molecule has 4 nitrogen and oxygen atoms in total. The molecule has 4 heteroatoms. The fourth-order valence-electron chi connectivity index (χ4n) is 0.665. The predicted molar refractivity (Wildman–Crippen MR) is 42.3 cm³/mol. The largest absolute Gasteiger partial charge is 0.424 e. The third-order valence-electron chi connectivity index (χ3n) is 1.20. The van der Waals surface area contributed by atoms with Crippen molar-refractivity contribution in [2.24, 2.45) is 5.73 Å². The van der Waals surface area contributed by atoms with Crippen LogP contribution in [-0.4, -0.2) is 17.3 Å². The summed E-state index contributed by atoms with van der Waals surface area (Å²) < 4.78 is 4.66. The molecule has 0 aromatic heterocycles. The normalized spacial score (nSPS) is 12.2. The molecule has 3 N–H and O–H groups in total. The molecular formula is C8H9NO3. The van der Waals surface area contributed by atoms with Crippen molar-refractivity contribution in [3.63, 3.8) is 0 Å². The van der Waals surface area contributed by atoms with Crippen molar-refractivity contribution < 1.29 is 14.6 Å². The van der Waals surface area contributed by atoms with E-state index in [0.29, 0.717) is 5.75 Å². The Balaban J connectivity index is 2.59. The number of rotatable bonds is 2. The summed E-state index contributed by atoms with van der Waals surface area (Å²) in [5, 5.41) is 8.59. The third kappa shape index (κ3) is 2.34. The lowest BCUT2D eigenvalue weighted by molar-refractivity contribution is -0.143. The summed E-state index contributed by atoms with van der Waals surface area (Å²) >= 11 is 0. The van der Waals surface area contributed by atoms with Crippen LogP contribution < -0.4 is 10.5 Å². The number of aliphatic hydroxyl groups is 1. The van der Waals surface area contributed by atoms with Crippen LogP contribution in [-0.2, 0) is 4.79 Å². The molecule has 0 amide bonds. The summed E-state index contributed by atoms with van der Waals surface area (Å²) in [5.74, 6) is -0.492. The van der Waals surface area contributed by atoms with Crippen molar-refractivity contribution in [3.8, 4) is 5.75 Å². The van der Waals surface area contributed by atoms with Gasteiger partial charge in [0.1, 0.15) is 5.75 Å². The Bertz CT molecular complexity index is 258. The van der Waals surface area contributed by atoms with E-state index in [4.69, 9.17) is 10.8 Å². The number of nitrogens with two attached hydrogens (primary N) is 1. The first-order valence-corrected chi connectivity index (χ1v) is 3.40. The summed E-state index contributed by atoms with van der Waals surface area (Å²) in [5.41, 5.74) is 4.86. The van der Waals surface area contributed by atoms with E-state index in [-0.39, 0.29) is 0 Å². The van der Waals surface area contributed by atoms with Gasteiger partial charge >= 0.3 is 5.97 Å². The van der Waals surface area contributed by atoms with Crippen molar-refractivity contribution in [2.75, 3.05) is 0 Å². The summed E-state index contributed by atoms with van der Waals surface area (Å²) in [6, 6.07) is 8.41. The van der Waals surface area contributed by atoms with Gasteiger partial charge in [-0.05, 0) is 12.1 Å². The van der Waals surface area contributed by atoms with E-state index in [1.807, 2.05) is 0 Å². The van der Waals surface area contributed by atoms with Gasteiger partial charge in [-0.3, -0.25) is 5.73 Å². The van der Waals surface area contributed by atoms with Crippen LogP contribution in [0.15, 0.2) is 30.3 Å². The maximum atomic E-state index is 10.7. The fourth-order valence-corrected chi connectivity index (χ4v) is 0.665. The summed E-state index contributed by atoms with van der Waals surface area (Å²) in [6.45, 7) is 0. The molecule has 1 rings (SSSR count). The van der Waals surface area contributed by atoms with Crippen molar-refractivity contribution in [2.45, 2.75) is 6.23 Å². The molecule has 0 bridgehead atoms. The summed E-state index contributed by atoms with van der Waals surface area (Å²) in [7, 11) is 0. The molecule has 1 unspecified atom stereocenters. The predicted octanol–water partition coefficient (Wildman–Crippen LogP) is -0.131. The fraction of sp³-hybridized carbons (Fsp3) is 0.125. The first-order valence-electron chi connectivity index (χ1n) is 3.40. The van der Waals surface area contributed by atoms with E-state index in [1.165, 1.54) is 0 Å². The van der Waals surface area contributed by atoms with Gasteiger partial charge in [0.2, 0.25) is 6.23 Å². The number of hydrogen-bond acceptors (Lipinski definition) is 4. The smallest absolute Gasteiger partial charge is 0.355 e. The Morgan fingerprint density at radius 2 is 2.00 bits per heavy atom. The highest BCUT2D eigenvalue weighted by Crippen LogP contribution is 2.08. The zero-order chi connectivity index (χ0) is 8.97. The minimum atomic E-state index is -1.58. The van der Waals surface area contributed by atoms with Crippen molar-refractivity contribution in [1.29, 1.82) is 0 Å². The Kier molecular flexibility index (Phi) is 2.79. The highest BCUT2D eigenvalue weighted by atomic mass is 16.6. The van der Waals surface area contributed by atoms with E-state index >= 15 is 0 Å². The summed E-state index contributed by atoms with van der Waals surface area (Å²) in [4.78, 5) is 10.7. The van der Waals surface area contributed by atoms with E-state index in [9.17, 15) is 4.79 Å². The van der Waals surface area contributed by atoms with Gasteiger partial charge in [0.05, 0.1) is 0 Å². The summed E-state index contributed by atoms with van der Waals surface area (Å²) in [6.07, 6.45) is -1.58. The van der Waals surface area contributed by atoms with Crippen molar-refractivity contribution in [1.82, 2.24) is 0 Å². The van der Waals surface area contributed by atoms with Crippen LogP contribution in [0.25, 0.3) is 0 Å². The van der Waals surface area contributed by atoms with Gasteiger partial charge in [0.15, 0.2) is 0 Å². The molecule has 1 aromatic carbocycles. The maximum Gasteiger partial charge on any atom is 0.355 e. The Hall–Kier alpha value is -1.39. The van der Waals surface area contributed by atoms with Crippen LogP contribution in [0.3, 0.4) is 0 Å². The van der Waals surface area contributed by atoms with E-state index < -0.39 is 12.2 Å². The van der Waals surface area contributed by atoms with Crippen LogP contribution in [0.4, 0.5) is 0 Å². The molecule has 0 aliphatic heterocycles. The molecule has 0 fully saturated rings. The molecular weight excluding hydrogens is 158 g/mol. The second-order valence-corrected chi connectivity index (χ2v) is 2.18. The quantitative estimate of drug-likeness (QED) is 0.365. The lowest BCUT2D eigenvalue weighted by atomic mass is 10.3. The van der Waals surface area contributed by atoms with Gasteiger partial charge in [0.25, 0.3) is 0 Å². The van der Waals surface area contributed by atoms with E-state index in [1.54, 1.807) is 30.3 Å². The standard InChI is InChI=1S/C8H9NO3/c9-7(10)8(11)12-6-4-2-1-3-5-6/h1-5,7,10H,9H2. The number of hydrogen-bond donors (Lipinski definition) is 2. The van der Waals surface area contributed by atoms with Gasteiger partial charge in [-0.15, -0.1) is 0 Å². The van der Waals surface area contributed by atoms with E-state index in [0.717, 1.165) is 0 Å². The molecule has 0 aliphatic rings. The zero-order valence-electron chi connectivity index (χ0n) is 6.31. The van der Waals surface area contributed by atoms with Crippen LogP contribution in [0.1, 0.15) is 0 Å². The van der Waals surface area contributed by atoms with Crippen molar-refractivity contribution >= 4 is 5.97 Å². The van der Waals surface area contributed by atoms with E-state index in [2.05, 4.69) is 4.74 Å². The molecule has 0 aliphatic carbocycles. The number of ether oxygens (including phenoxy) is 1. The Morgan fingerprint density at radius 1 is 1.42 bits per heavy atom. The molecule has 0 spiro atoms. The molecule has 64 valence electrons. The average molecular weight is 167 g/mol. The zero-order valence-corrected chi connectivity index (χ0v) is 6.31. The van der Waals surface area contributed by atoms with Crippen LogP contribution in [0.5, 0.6) is 5.75 Å². The minimum absolute atomic E-state index is 0.368. The number of carbonyl (C=O) groups excluding carboxylic acids is 1. The van der Waals surface area contributed by atoms with Crippen LogP contribution >= 0.6 is 0 Å². The van der Waals surface area contributed by atoms with Gasteiger partial charge in [-0.25, -0.2) is 4.79 Å². The Labute approximate surface area is 69.6 Å². The van der Waals surface area contributed by atoms with Gasteiger partial charge < -0.3 is 9.84 Å². The molecule has 0 saturated heterocycles. The highest BCUT2D eigenvalue weighted by molar-refractivity contribution is 5.76. The minimum Gasteiger partial charge on any atom is -0.424 e. The van der Waals surface area contributed by atoms with Crippen LogP contribution in [0, 0.1) is 0 Å². The van der Waals surface area contributed by atoms with Gasteiger partial charge in [-0.2, -0.15) is 0 Å². The topological polar surface area (TPSA) is 72.5 Å². The molecule has 1 aromatic rings. The molecule has 0 radical (unpaired) electrons. The maximum absolute atomic E-state index is 10.7. The van der Waals surface area contributed by atoms with Gasteiger partial charge in [0, 0.05) is 0 Å². The monoisotopic (exact) mass is 167 g/mol. The lowest BCUT2D eigenvalue weighted by Crippen LogP contribution is -2.33. The second kappa shape index (κ2) is 3.85. The van der Waals surface area contributed by atoms with Crippen molar-refractivity contribution in [3.05, 3.63) is 30.3 Å². The number of esters is 1. The second-order valence-electron chi connectivity index (χ2n) is 2.18. The molecule has 1 atom stereocenters. The van der Waals surface area contributed by atoms with Crippen LogP contribution in [0.2, 0.25) is 0 Å². The number of para-hydroxylation sites is 1. The number of carbonyl (C=O) groups is 1. The average Bonchev–Trinajstić information content (AvgIpc) is 2.06.